The molecule has 2 N–H and O–H groups in total. The largest absolute Gasteiger partial charge is 0.516 e. The number of rotatable bonds is 5. The summed E-state index contributed by atoms with van der Waals surface area (Å²) in [4.78, 5) is 5.70. The van der Waals surface area contributed by atoms with Crippen LogP contribution in [0.2, 0.25) is 0 Å². The number of azo groups is 1. The van der Waals surface area contributed by atoms with E-state index >= 15 is 0 Å². The molecule has 0 saturated heterocycles. The Labute approximate surface area is 187 Å². The quantitative estimate of drug-likeness (QED) is 0.503. The van der Waals surface area contributed by atoms with Gasteiger partial charge in [0.2, 0.25) is 0 Å². The van der Waals surface area contributed by atoms with E-state index in [2.05, 4.69) is 25.4 Å². The number of nitrogens with zero attached hydrogens (tertiary/aromatic N) is 5. The summed E-state index contributed by atoms with van der Waals surface area (Å²) < 4.78 is 64.5. The van der Waals surface area contributed by atoms with Crippen molar-refractivity contribution in [3.63, 3.8) is 0 Å². The zero-order valence-corrected chi connectivity index (χ0v) is 18.6. The lowest BCUT2D eigenvalue weighted by molar-refractivity contribution is -0.0429. The van der Waals surface area contributed by atoms with Crippen molar-refractivity contribution >= 4 is 33.0 Å². The molecular formula is C20H20F3N7O2S. The van der Waals surface area contributed by atoms with Crippen molar-refractivity contribution < 1.29 is 21.6 Å². The second-order valence-corrected chi connectivity index (χ2v) is 9.77. The second-order valence-electron chi connectivity index (χ2n) is 8.09. The van der Waals surface area contributed by atoms with E-state index in [-0.39, 0.29) is 23.4 Å². The van der Waals surface area contributed by atoms with Crippen LogP contribution < -0.4 is 9.62 Å². The highest BCUT2D eigenvalue weighted by molar-refractivity contribution is 7.93. The lowest BCUT2D eigenvalue weighted by atomic mass is 9.77. The fourth-order valence-corrected chi connectivity index (χ4v) is 4.72. The molecule has 0 bridgehead atoms. The Hall–Kier alpha value is -3.48. The van der Waals surface area contributed by atoms with E-state index in [0.717, 1.165) is 11.1 Å². The second kappa shape index (κ2) is 7.83. The number of halogens is 3. The Balaban J connectivity index is 1.86. The van der Waals surface area contributed by atoms with Crippen molar-refractivity contribution in [1.82, 2.24) is 15.2 Å². The maximum absolute atomic E-state index is 13.1. The summed E-state index contributed by atoms with van der Waals surface area (Å²) in [7, 11) is -3.87. The number of nitrogens with one attached hydrogen (secondary N) is 2. The van der Waals surface area contributed by atoms with Crippen LogP contribution in [-0.4, -0.2) is 36.2 Å². The summed E-state index contributed by atoms with van der Waals surface area (Å²) in [6, 6.07) is 12.4. The number of alkyl halides is 3. The third-order valence-corrected chi connectivity index (χ3v) is 6.68. The van der Waals surface area contributed by atoms with Crippen molar-refractivity contribution in [3.8, 4) is 0 Å². The Kier molecular flexibility index (Phi) is 5.39. The zero-order chi connectivity index (χ0) is 24.0. The standard InChI is InChI=1S/C20H20F3N7O2S/c1-19(2)13-9-14(26-28-18-24-11-25-27-18)15(29-33(31,32)20(21,22)23)10-16(13)30(3)17(19)12-7-5-4-6-8-12/h4-11,17,29H,1-3H3,(H,24,25,27). The predicted molar refractivity (Wildman–Crippen MR) is 116 cm³/mol. The maximum Gasteiger partial charge on any atom is 0.516 e. The topological polar surface area (TPSA) is 116 Å². The Bertz CT molecular complexity index is 1290. The molecule has 3 aromatic rings. The zero-order valence-electron chi connectivity index (χ0n) is 17.8. The van der Waals surface area contributed by atoms with E-state index in [0.29, 0.717) is 5.69 Å². The molecule has 0 fully saturated rings. The fourth-order valence-electron chi connectivity index (χ4n) is 4.15. The molecule has 1 aromatic heterocycles. The van der Waals surface area contributed by atoms with E-state index < -0.39 is 20.9 Å². The van der Waals surface area contributed by atoms with Gasteiger partial charge in [0, 0.05) is 18.2 Å². The van der Waals surface area contributed by atoms with Crippen molar-refractivity contribution in [1.29, 1.82) is 0 Å². The number of fused-ring (bicyclic) bond motifs is 1. The highest BCUT2D eigenvalue weighted by Crippen LogP contribution is 2.54. The lowest BCUT2D eigenvalue weighted by Gasteiger charge is -2.32. The molecule has 1 aliphatic heterocycles. The van der Waals surface area contributed by atoms with Gasteiger partial charge in [0.15, 0.2) is 0 Å². The monoisotopic (exact) mass is 479 g/mol. The van der Waals surface area contributed by atoms with E-state index in [1.54, 1.807) is 10.8 Å². The molecule has 0 radical (unpaired) electrons. The van der Waals surface area contributed by atoms with Gasteiger partial charge in [-0.15, -0.1) is 10.2 Å². The average molecular weight is 479 g/mol. The molecule has 0 saturated carbocycles. The summed E-state index contributed by atoms with van der Waals surface area (Å²) in [5.74, 6) is 0.0127. The van der Waals surface area contributed by atoms with E-state index in [1.807, 2.05) is 56.1 Å². The van der Waals surface area contributed by atoms with Crippen LogP contribution in [0.1, 0.15) is 31.0 Å². The third kappa shape index (κ3) is 4.03. The van der Waals surface area contributed by atoms with Gasteiger partial charge >= 0.3 is 15.5 Å². The van der Waals surface area contributed by atoms with Gasteiger partial charge in [-0.2, -0.15) is 31.7 Å². The molecule has 1 unspecified atom stereocenters. The first-order valence-corrected chi connectivity index (χ1v) is 11.2. The van der Waals surface area contributed by atoms with Gasteiger partial charge in [0.05, 0.1) is 11.7 Å². The highest BCUT2D eigenvalue weighted by Gasteiger charge is 2.48. The van der Waals surface area contributed by atoms with Gasteiger partial charge in [0.1, 0.15) is 12.0 Å². The molecule has 0 aliphatic carbocycles. The van der Waals surface area contributed by atoms with Crippen molar-refractivity contribution in [2.24, 2.45) is 10.2 Å². The maximum atomic E-state index is 13.1. The average Bonchev–Trinajstić information content (AvgIpc) is 3.31. The first-order valence-electron chi connectivity index (χ1n) is 9.74. The van der Waals surface area contributed by atoms with Gasteiger partial charge in [-0.25, -0.2) is 5.10 Å². The van der Waals surface area contributed by atoms with Crippen molar-refractivity contribution in [3.05, 3.63) is 59.9 Å². The summed E-state index contributed by atoms with van der Waals surface area (Å²) >= 11 is 0. The molecular weight excluding hydrogens is 459 g/mol. The number of aromatic amines is 1. The first kappa shape index (κ1) is 22.7. The van der Waals surface area contributed by atoms with E-state index in [4.69, 9.17) is 0 Å². The van der Waals surface area contributed by atoms with Crippen molar-refractivity contribution in [2.45, 2.75) is 30.8 Å². The van der Waals surface area contributed by atoms with Gasteiger partial charge < -0.3 is 4.90 Å². The summed E-state index contributed by atoms with van der Waals surface area (Å²) in [5.41, 5.74) is -4.07. The van der Waals surface area contributed by atoms with E-state index in [1.165, 1.54) is 12.4 Å². The molecule has 9 nitrogen and oxygen atoms in total. The highest BCUT2D eigenvalue weighted by atomic mass is 32.2. The minimum absolute atomic E-state index is 0.0127. The van der Waals surface area contributed by atoms with Gasteiger partial charge in [-0.3, -0.25) is 4.72 Å². The van der Waals surface area contributed by atoms with Gasteiger partial charge in [-0.05, 0) is 23.3 Å². The molecule has 1 aliphatic rings. The van der Waals surface area contributed by atoms with Crippen LogP contribution in [0.3, 0.4) is 0 Å². The van der Waals surface area contributed by atoms with Crippen LogP contribution in [0, 0.1) is 0 Å². The van der Waals surface area contributed by atoms with Crippen LogP contribution in [-0.2, 0) is 15.4 Å². The third-order valence-electron chi connectivity index (χ3n) is 5.58. The van der Waals surface area contributed by atoms with Crippen LogP contribution >= 0.6 is 0 Å². The normalized spacial score (nSPS) is 18.0. The number of benzene rings is 2. The number of likely N-dealkylation sites (N-methyl/N-ethyl adjacent to an activating group) is 1. The number of H-pyrrole nitrogens is 1. The lowest BCUT2D eigenvalue weighted by Crippen LogP contribution is -2.31. The number of anilines is 2. The Morgan fingerprint density at radius 2 is 1.85 bits per heavy atom. The first-order chi connectivity index (χ1) is 15.4. The SMILES string of the molecule is CN1c2cc(NS(=O)(=O)C(F)(F)F)c(N=Nc3ncn[nH]3)cc2C(C)(C)C1c1ccccc1. The van der Waals surface area contributed by atoms with Gasteiger partial charge in [0.25, 0.3) is 5.95 Å². The molecule has 4 rings (SSSR count). The molecule has 174 valence electrons. The Morgan fingerprint density at radius 1 is 1.15 bits per heavy atom. The smallest absolute Gasteiger partial charge is 0.366 e. The van der Waals surface area contributed by atoms with Gasteiger partial charge in [-0.1, -0.05) is 44.2 Å². The Morgan fingerprint density at radius 3 is 2.45 bits per heavy atom. The summed E-state index contributed by atoms with van der Waals surface area (Å²) in [6.45, 7) is 4.01. The van der Waals surface area contributed by atoms with Crippen LogP contribution in [0.15, 0.2) is 59.0 Å². The molecule has 0 amide bonds. The van der Waals surface area contributed by atoms with Crippen LogP contribution in [0.25, 0.3) is 0 Å². The number of hydrogen-bond acceptors (Lipinski definition) is 7. The molecule has 13 heteroatoms. The van der Waals surface area contributed by atoms with E-state index in [9.17, 15) is 21.6 Å². The molecule has 2 heterocycles. The van der Waals surface area contributed by atoms with Crippen molar-refractivity contribution in [2.75, 3.05) is 16.7 Å². The van der Waals surface area contributed by atoms with Crippen LogP contribution in [0.4, 0.5) is 36.2 Å². The number of sulfonamides is 1. The predicted octanol–water partition coefficient (Wildman–Crippen LogP) is 4.95. The van der Waals surface area contributed by atoms with Crippen LogP contribution in [0.5, 0.6) is 0 Å². The summed E-state index contributed by atoms with van der Waals surface area (Å²) in [5, 5.41) is 13.9. The number of hydrogen-bond donors (Lipinski definition) is 2. The molecule has 33 heavy (non-hydrogen) atoms. The molecule has 0 spiro atoms. The minimum Gasteiger partial charge on any atom is -0.366 e. The number of aromatic nitrogens is 3. The molecule has 2 aromatic carbocycles. The minimum atomic E-state index is -5.68. The fraction of sp³-hybridized carbons (Fsp3) is 0.300. The molecule has 1 atom stereocenters. The summed E-state index contributed by atoms with van der Waals surface area (Å²) in [6.07, 6.45) is 1.19.